The first kappa shape index (κ1) is 20.5. The van der Waals surface area contributed by atoms with Gasteiger partial charge in [0.2, 0.25) is 0 Å². The Morgan fingerprint density at radius 1 is 1.03 bits per heavy atom. The SMILES string of the molecule is CSc1nccn1-c1cccc(C(=O)NCCCNC(=O)c2cccc(O)c2)c1. The molecule has 3 aromatic rings. The van der Waals surface area contributed by atoms with Crippen LogP contribution in [-0.2, 0) is 0 Å². The molecule has 1 heterocycles. The van der Waals surface area contributed by atoms with E-state index in [1.54, 1.807) is 24.4 Å². The van der Waals surface area contributed by atoms with Gasteiger partial charge in [-0.25, -0.2) is 4.98 Å². The van der Waals surface area contributed by atoms with Gasteiger partial charge in [0.25, 0.3) is 11.8 Å². The van der Waals surface area contributed by atoms with Crippen molar-refractivity contribution < 1.29 is 14.7 Å². The number of hydrogen-bond acceptors (Lipinski definition) is 5. The summed E-state index contributed by atoms with van der Waals surface area (Å²) in [7, 11) is 0. The molecule has 1 aromatic heterocycles. The lowest BCUT2D eigenvalue weighted by atomic mass is 10.2. The number of phenols is 1. The van der Waals surface area contributed by atoms with Crippen LogP contribution in [0.2, 0.25) is 0 Å². The minimum atomic E-state index is -0.259. The molecule has 0 aliphatic heterocycles. The first-order chi connectivity index (χ1) is 14.1. The van der Waals surface area contributed by atoms with Crippen molar-refractivity contribution in [1.82, 2.24) is 20.2 Å². The molecule has 0 fully saturated rings. The normalized spacial score (nSPS) is 10.5. The van der Waals surface area contributed by atoms with Gasteiger partial charge in [-0.15, -0.1) is 0 Å². The predicted octanol–water partition coefficient (Wildman–Crippen LogP) is 2.85. The number of thioether (sulfide) groups is 1. The van der Waals surface area contributed by atoms with E-state index < -0.39 is 0 Å². The maximum atomic E-state index is 12.4. The highest BCUT2D eigenvalue weighted by Gasteiger charge is 2.09. The predicted molar refractivity (Wildman–Crippen MR) is 113 cm³/mol. The second kappa shape index (κ2) is 9.79. The van der Waals surface area contributed by atoms with Crippen LogP contribution in [0, 0.1) is 0 Å². The molecular formula is C21H22N4O3S. The molecule has 29 heavy (non-hydrogen) atoms. The number of phenolic OH excluding ortho intramolecular Hbond substituents is 1. The summed E-state index contributed by atoms with van der Waals surface area (Å²) in [6.07, 6.45) is 6.13. The summed E-state index contributed by atoms with van der Waals surface area (Å²) >= 11 is 1.53. The Morgan fingerprint density at radius 2 is 1.69 bits per heavy atom. The average molecular weight is 410 g/mol. The van der Waals surface area contributed by atoms with E-state index in [2.05, 4.69) is 15.6 Å². The van der Waals surface area contributed by atoms with Crippen molar-refractivity contribution in [3.05, 3.63) is 72.1 Å². The standard InChI is InChI=1S/C21H22N4O3S/c1-29-21-24-11-12-25(21)17-7-2-5-15(13-17)19(27)22-9-4-10-23-20(28)16-6-3-8-18(26)14-16/h2-3,5-8,11-14,26H,4,9-10H2,1H3,(H,22,27)(H,23,28). The van der Waals surface area contributed by atoms with Crippen LogP contribution in [0.4, 0.5) is 0 Å². The fourth-order valence-electron chi connectivity index (χ4n) is 2.78. The van der Waals surface area contributed by atoms with Crippen LogP contribution in [0.1, 0.15) is 27.1 Å². The van der Waals surface area contributed by atoms with Crippen LogP contribution in [0.25, 0.3) is 5.69 Å². The Balaban J connectivity index is 1.47. The third-order valence-corrected chi connectivity index (χ3v) is 4.88. The number of carbonyl (C=O) groups excluding carboxylic acids is 2. The first-order valence-electron chi connectivity index (χ1n) is 9.11. The maximum Gasteiger partial charge on any atom is 0.251 e. The van der Waals surface area contributed by atoms with Gasteiger partial charge >= 0.3 is 0 Å². The topological polar surface area (TPSA) is 96.3 Å². The second-order valence-corrected chi connectivity index (χ2v) is 7.02. The zero-order valence-corrected chi connectivity index (χ0v) is 16.8. The first-order valence-corrected chi connectivity index (χ1v) is 10.3. The molecule has 0 spiro atoms. The molecule has 0 aliphatic carbocycles. The second-order valence-electron chi connectivity index (χ2n) is 6.25. The van der Waals surface area contributed by atoms with Gasteiger partial charge in [-0.2, -0.15) is 0 Å². The average Bonchev–Trinajstić information content (AvgIpc) is 3.22. The molecule has 8 heteroatoms. The summed E-state index contributed by atoms with van der Waals surface area (Å²) in [6, 6.07) is 13.5. The number of carbonyl (C=O) groups is 2. The maximum absolute atomic E-state index is 12.4. The minimum absolute atomic E-state index is 0.0486. The molecule has 0 atom stereocenters. The Labute approximate surface area is 173 Å². The molecule has 0 saturated heterocycles. The molecule has 7 nitrogen and oxygen atoms in total. The quantitative estimate of drug-likeness (QED) is 0.392. The van der Waals surface area contributed by atoms with Gasteiger partial charge in [0.05, 0.1) is 0 Å². The summed E-state index contributed by atoms with van der Waals surface area (Å²) in [5.74, 6) is -0.380. The molecule has 0 unspecified atom stereocenters. The van der Waals surface area contributed by atoms with E-state index in [-0.39, 0.29) is 17.6 Å². The van der Waals surface area contributed by atoms with Crippen LogP contribution < -0.4 is 10.6 Å². The lowest BCUT2D eigenvalue weighted by molar-refractivity contribution is 0.0951. The third kappa shape index (κ3) is 5.39. The van der Waals surface area contributed by atoms with Crippen molar-refractivity contribution in [3.8, 4) is 11.4 Å². The Bertz CT molecular complexity index is 1000. The van der Waals surface area contributed by atoms with Gasteiger partial charge in [-0.3, -0.25) is 14.2 Å². The molecule has 0 aliphatic rings. The smallest absolute Gasteiger partial charge is 0.251 e. The summed E-state index contributed by atoms with van der Waals surface area (Å²) in [6.45, 7) is 0.853. The molecule has 2 aromatic carbocycles. The Kier molecular flexibility index (Phi) is 6.91. The largest absolute Gasteiger partial charge is 0.508 e. The molecule has 150 valence electrons. The molecule has 2 amide bonds. The third-order valence-electron chi connectivity index (χ3n) is 4.21. The van der Waals surface area contributed by atoms with E-state index in [1.165, 1.54) is 23.9 Å². The number of imidazole rings is 1. The number of amides is 2. The zero-order chi connectivity index (χ0) is 20.6. The van der Waals surface area contributed by atoms with E-state index in [1.807, 2.05) is 35.2 Å². The minimum Gasteiger partial charge on any atom is -0.508 e. The Morgan fingerprint density at radius 3 is 2.34 bits per heavy atom. The van der Waals surface area contributed by atoms with E-state index in [0.29, 0.717) is 30.6 Å². The van der Waals surface area contributed by atoms with E-state index in [4.69, 9.17) is 0 Å². The van der Waals surface area contributed by atoms with E-state index >= 15 is 0 Å². The van der Waals surface area contributed by atoms with Crippen molar-refractivity contribution in [3.63, 3.8) is 0 Å². The van der Waals surface area contributed by atoms with E-state index in [9.17, 15) is 14.7 Å². The molecule has 0 radical (unpaired) electrons. The lowest BCUT2D eigenvalue weighted by Crippen LogP contribution is -2.29. The van der Waals surface area contributed by atoms with Crippen molar-refractivity contribution in [2.45, 2.75) is 11.6 Å². The highest BCUT2D eigenvalue weighted by atomic mass is 32.2. The fourth-order valence-corrected chi connectivity index (χ4v) is 3.31. The van der Waals surface area contributed by atoms with Crippen LogP contribution >= 0.6 is 11.8 Å². The van der Waals surface area contributed by atoms with Gasteiger partial charge in [0.15, 0.2) is 5.16 Å². The van der Waals surface area contributed by atoms with Gasteiger partial charge in [0, 0.05) is 42.3 Å². The zero-order valence-electron chi connectivity index (χ0n) is 16.0. The monoisotopic (exact) mass is 410 g/mol. The van der Waals surface area contributed by atoms with Crippen molar-refractivity contribution in [2.24, 2.45) is 0 Å². The van der Waals surface area contributed by atoms with Crippen molar-refractivity contribution >= 4 is 23.6 Å². The van der Waals surface area contributed by atoms with Crippen LogP contribution in [-0.4, -0.2) is 45.8 Å². The van der Waals surface area contributed by atoms with Gasteiger partial charge in [0.1, 0.15) is 5.75 Å². The lowest BCUT2D eigenvalue weighted by Gasteiger charge is -2.10. The number of rotatable bonds is 8. The number of aromatic hydroxyl groups is 1. The highest BCUT2D eigenvalue weighted by molar-refractivity contribution is 7.98. The van der Waals surface area contributed by atoms with E-state index in [0.717, 1.165) is 10.8 Å². The molecule has 3 rings (SSSR count). The fraction of sp³-hybridized carbons (Fsp3) is 0.190. The van der Waals surface area contributed by atoms with Crippen molar-refractivity contribution in [2.75, 3.05) is 19.3 Å². The summed E-state index contributed by atoms with van der Waals surface area (Å²) < 4.78 is 1.93. The molecule has 3 N–H and O–H groups in total. The molecule has 0 saturated carbocycles. The summed E-state index contributed by atoms with van der Waals surface area (Å²) in [5, 5.41) is 15.9. The Hall–Kier alpha value is -3.26. The number of benzene rings is 2. The molecule has 0 bridgehead atoms. The highest BCUT2D eigenvalue weighted by Crippen LogP contribution is 2.19. The van der Waals surface area contributed by atoms with Crippen molar-refractivity contribution in [1.29, 1.82) is 0 Å². The van der Waals surface area contributed by atoms with Crippen LogP contribution in [0.3, 0.4) is 0 Å². The van der Waals surface area contributed by atoms with Gasteiger partial charge < -0.3 is 15.7 Å². The summed E-state index contributed by atoms with van der Waals surface area (Å²) in [4.78, 5) is 28.7. The summed E-state index contributed by atoms with van der Waals surface area (Å²) in [5.41, 5.74) is 1.83. The van der Waals surface area contributed by atoms with Gasteiger partial charge in [-0.05, 0) is 49.1 Å². The number of hydrogen-bond donors (Lipinski definition) is 3. The van der Waals surface area contributed by atoms with Crippen LogP contribution in [0.5, 0.6) is 5.75 Å². The van der Waals surface area contributed by atoms with Crippen LogP contribution in [0.15, 0.2) is 66.1 Å². The van der Waals surface area contributed by atoms with Gasteiger partial charge in [-0.1, -0.05) is 23.9 Å². The number of nitrogens with zero attached hydrogens (tertiary/aromatic N) is 2. The number of aromatic nitrogens is 2. The molecular weight excluding hydrogens is 388 g/mol. The number of nitrogens with one attached hydrogen (secondary N) is 2.